The monoisotopic (exact) mass is 335 g/mol. The molecule has 4 nitrogen and oxygen atoms in total. The fourth-order valence-corrected chi connectivity index (χ4v) is 2.64. The highest BCUT2D eigenvalue weighted by Crippen LogP contribution is 2.30. The number of hydrogen-bond acceptors (Lipinski definition) is 4. The molecule has 0 heterocycles. The van der Waals surface area contributed by atoms with Crippen LogP contribution in [0.2, 0.25) is 5.02 Å². The van der Waals surface area contributed by atoms with Crippen LogP contribution in [0.15, 0.2) is 42.5 Å². The summed E-state index contributed by atoms with van der Waals surface area (Å²) < 4.78 is 10.7. The maximum absolute atomic E-state index is 9.71. The molecule has 0 amide bonds. The Morgan fingerprint density at radius 2 is 1.78 bits per heavy atom. The first-order valence-corrected chi connectivity index (χ1v) is 7.81. The fraction of sp³-hybridized carbons (Fsp3) is 0.333. The van der Waals surface area contributed by atoms with Gasteiger partial charge in [0, 0.05) is 22.7 Å². The Labute approximate surface area is 142 Å². The molecule has 0 saturated carbocycles. The summed E-state index contributed by atoms with van der Waals surface area (Å²) in [7, 11) is 3.26. The average molecular weight is 336 g/mol. The van der Waals surface area contributed by atoms with Crippen molar-refractivity contribution in [3.63, 3.8) is 0 Å². The van der Waals surface area contributed by atoms with E-state index in [2.05, 4.69) is 5.32 Å². The molecule has 2 atom stereocenters. The van der Waals surface area contributed by atoms with E-state index in [9.17, 15) is 5.11 Å². The number of rotatable bonds is 7. The van der Waals surface area contributed by atoms with E-state index in [1.807, 2.05) is 49.4 Å². The predicted octanol–water partition coefficient (Wildman–Crippen LogP) is 3.74. The Bertz CT molecular complexity index is 631. The van der Waals surface area contributed by atoms with Crippen molar-refractivity contribution in [1.29, 1.82) is 0 Å². The molecule has 0 aliphatic heterocycles. The third-order valence-electron chi connectivity index (χ3n) is 3.81. The largest absolute Gasteiger partial charge is 0.497 e. The van der Waals surface area contributed by atoms with Crippen molar-refractivity contribution in [1.82, 2.24) is 5.32 Å². The molecule has 2 aromatic rings. The minimum atomic E-state index is -0.186. The molecule has 124 valence electrons. The second-order valence-electron chi connectivity index (χ2n) is 5.28. The smallest absolute Gasteiger partial charge is 0.127 e. The number of methoxy groups -OCH3 is 2. The van der Waals surface area contributed by atoms with E-state index >= 15 is 0 Å². The highest BCUT2D eigenvalue weighted by Gasteiger charge is 2.18. The summed E-state index contributed by atoms with van der Waals surface area (Å²) >= 11 is 5.92. The minimum Gasteiger partial charge on any atom is -0.497 e. The van der Waals surface area contributed by atoms with Gasteiger partial charge >= 0.3 is 0 Å². The maximum Gasteiger partial charge on any atom is 0.127 e. The van der Waals surface area contributed by atoms with Gasteiger partial charge in [0.05, 0.1) is 26.9 Å². The van der Waals surface area contributed by atoms with E-state index in [1.165, 1.54) is 0 Å². The third-order valence-corrected chi connectivity index (χ3v) is 4.07. The number of halogens is 1. The lowest BCUT2D eigenvalue weighted by molar-refractivity contribution is 0.234. The molecule has 0 bridgehead atoms. The number of ether oxygens (including phenoxy) is 2. The molecule has 0 aliphatic rings. The summed E-state index contributed by atoms with van der Waals surface area (Å²) in [5.41, 5.74) is 1.98. The first-order valence-electron chi connectivity index (χ1n) is 7.43. The van der Waals surface area contributed by atoms with E-state index in [4.69, 9.17) is 21.1 Å². The molecule has 2 aromatic carbocycles. The first-order chi connectivity index (χ1) is 11.1. The lowest BCUT2D eigenvalue weighted by atomic mass is 10.0. The van der Waals surface area contributed by atoms with Gasteiger partial charge in [-0.2, -0.15) is 0 Å². The zero-order valence-corrected chi connectivity index (χ0v) is 14.3. The van der Waals surface area contributed by atoms with Gasteiger partial charge in [0.1, 0.15) is 11.5 Å². The fourth-order valence-electron chi connectivity index (χ4n) is 2.52. The van der Waals surface area contributed by atoms with Crippen molar-refractivity contribution in [2.45, 2.75) is 19.0 Å². The molecular weight excluding hydrogens is 314 g/mol. The lowest BCUT2D eigenvalue weighted by Crippen LogP contribution is -2.27. The molecule has 0 aliphatic carbocycles. The highest BCUT2D eigenvalue weighted by molar-refractivity contribution is 6.30. The predicted molar refractivity (Wildman–Crippen MR) is 92.4 cm³/mol. The number of aliphatic hydroxyl groups is 1. The summed E-state index contributed by atoms with van der Waals surface area (Å²) in [4.78, 5) is 0. The van der Waals surface area contributed by atoms with Gasteiger partial charge in [0.15, 0.2) is 0 Å². The highest BCUT2D eigenvalue weighted by atomic mass is 35.5. The van der Waals surface area contributed by atoms with Gasteiger partial charge in [-0.3, -0.25) is 0 Å². The van der Waals surface area contributed by atoms with Crippen molar-refractivity contribution in [2.24, 2.45) is 0 Å². The zero-order chi connectivity index (χ0) is 16.8. The van der Waals surface area contributed by atoms with Crippen LogP contribution in [0.1, 0.15) is 30.1 Å². The number of hydrogen-bond donors (Lipinski definition) is 2. The second kappa shape index (κ2) is 8.20. The van der Waals surface area contributed by atoms with Crippen LogP contribution in [0.4, 0.5) is 0 Å². The molecule has 2 rings (SSSR count). The molecule has 2 unspecified atom stereocenters. The van der Waals surface area contributed by atoms with E-state index in [0.29, 0.717) is 5.02 Å². The van der Waals surface area contributed by atoms with Crippen LogP contribution in [0.5, 0.6) is 11.5 Å². The topological polar surface area (TPSA) is 50.7 Å². The Hall–Kier alpha value is -1.75. The quantitative estimate of drug-likeness (QED) is 0.809. The molecule has 5 heteroatoms. The lowest BCUT2D eigenvalue weighted by Gasteiger charge is -2.24. The number of benzene rings is 2. The summed E-state index contributed by atoms with van der Waals surface area (Å²) in [5, 5.41) is 13.8. The van der Waals surface area contributed by atoms with Gasteiger partial charge in [-0.25, -0.2) is 0 Å². The van der Waals surface area contributed by atoms with E-state index < -0.39 is 0 Å². The molecule has 0 saturated heterocycles. The summed E-state index contributed by atoms with van der Waals surface area (Å²) in [6, 6.07) is 13.0. The van der Waals surface area contributed by atoms with Gasteiger partial charge in [-0.15, -0.1) is 0 Å². The third kappa shape index (κ3) is 4.38. The number of nitrogens with one attached hydrogen (secondary N) is 1. The zero-order valence-electron chi connectivity index (χ0n) is 13.5. The van der Waals surface area contributed by atoms with Crippen molar-refractivity contribution < 1.29 is 14.6 Å². The molecule has 23 heavy (non-hydrogen) atoms. The van der Waals surface area contributed by atoms with Gasteiger partial charge in [-0.05, 0) is 30.7 Å². The standard InChI is InChI=1S/C18H22ClNO3/c1-12(16-9-8-15(22-2)10-18(16)23-3)20-17(11-21)13-4-6-14(19)7-5-13/h4-10,12,17,20-21H,11H2,1-3H3. The van der Waals surface area contributed by atoms with E-state index in [1.54, 1.807) is 14.2 Å². The van der Waals surface area contributed by atoms with Crippen molar-refractivity contribution in [3.05, 3.63) is 58.6 Å². The Kier molecular flexibility index (Phi) is 6.28. The van der Waals surface area contributed by atoms with Gasteiger partial charge in [0.2, 0.25) is 0 Å². The van der Waals surface area contributed by atoms with Crippen molar-refractivity contribution >= 4 is 11.6 Å². The second-order valence-corrected chi connectivity index (χ2v) is 5.72. The Morgan fingerprint density at radius 1 is 1.09 bits per heavy atom. The number of aliphatic hydroxyl groups excluding tert-OH is 1. The van der Waals surface area contributed by atoms with Crippen LogP contribution in [-0.2, 0) is 0 Å². The SMILES string of the molecule is COc1ccc(C(C)NC(CO)c2ccc(Cl)cc2)c(OC)c1. The van der Waals surface area contributed by atoms with Crippen molar-refractivity contribution in [3.8, 4) is 11.5 Å². The maximum atomic E-state index is 9.71. The van der Waals surface area contributed by atoms with Crippen LogP contribution in [-0.4, -0.2) is 25.9 Å². The van der Waals surface area contributed by atoms with E-state index in [0.717, 1.165) is 22.6 Å². The summed E-state index contributed by atoms with van der Waals surface area (Å²) in [6.45, 7) is 2.02. The van der Waals surface area contributed by atoms with Gasteiger partial charge in [0.25, 0.3) is 0 Å². The summed E-state index contributed by atoms with van der Waals surface area (Å²) in [6.07, 6.45) is 0. The Morgan fingerprint density at radius 3 is 2.35 bits per heavy atom. The molecule has 0 radical (unpaired) electrons. The normalized spacial score (nSPS) is 13.4. The van der Waals surface area contributed by atoms with Crippen LogP contribution < -0.4 is 14.8 Å². The molecule has 0 fully saturated rings. The van der Waals surface area contributed by atoms with Gasteiger partial charge < -0.3 is 19.9 Å². The Balaban J connectivity index is 2.19. The van der Waals surface area contributed by atoms with Crippen molar-refractivity contribution in [2.75, 3.05) is 20.8 Å². The molecule has 0 spiro atoms. The molecular formula is C18H22ClNO3. The minimum absolute atomic E-state index is 0.00948. The molecule has 0 aromatic heterocycles. The van der Waals surface area contributed by atoms with Crippen LogP contribution >= 0.6 is 11.6 Å². The van der Waals surface area contributed by atoms with Gasteiger partial charge in [-0.1, -0.05) is 29.8 Å². The van der Waals surface area contributed by atoms with Crippen LogP contribution in [0.3, 0.4) is 0 Å². The summed E-state index contributed by atoms with van der Waals surface area (Å²) in [5.74, 6) is 1.49. The molecule has 2 N–H and O–H groups in total. The first kappa shape index (κ1) is 17.6. The van der Waals surface area contributed by atoms with Crippen LogP contribution in [0.25, 0.3) is 0 Å². The van der Waals surface area contributed by atoms with E-state index in [-0.39, 0.29) is 18.7 Å². The van der Waals surface area contributed by atoms with Crippen LogP contribution in [0, 0.1) is 0 Å². The average Bonchev–Trinajstić information content (AvgIpc) is 2.59.